The summed E-state index contributed by atoms with van der Waals surface area (Å²) in [4.78, 5) is 30.7. The van der Waals surface area contributed by atoms with Gasteiger partial charge < -0.3 is 19.9 Å². The van der Waals surface area contributed by atoms with Crippen LogP contribution in [0.2, 0.25) is 5.02 Å². The summed E-state index contributed by atoms with van der Waals surface area (Å²) in [5.41, 5.74) is 2.10. The van der Waals surface area contributed by atoms with E-state index in [1.807, 2.05) is 36.9 Å². The van der Waals surface area contributed by atoms with Crippen molar-refractivity contribution in [2.24, 2.45) is 0 Å². The molecule has 1 aromatic carbocycles. The van der Waals surface area contributed by atoms with Crippen molar-refractivity contribution in [3.05, 3.63) is 50.7 Å². The van der Waals surface area contributed by atoms with E-state index in [1.165, 1.54) is 4.88 Å². The first-order valence-electron chi connectivity index (χ1n) is 10.8. The van der Waals surface area contributed by atoms with E-state index < -0.39 is 0 Å². The van der Waals surface area contributed by atoms with Gasteiger partial charge in [-0.3, -0.25) is 4.79 Å². The minimum Gasteiger partial charge on any atom is -0.491 e. The lowest BCUT2D eigenvalue weighted by atomic mass is 10.0. The second kappa shape index (κ2) is 9.49. The fraction of sp³-hybridized carbons (Fsp3) is 0.478. The number of rotatable bonds is 7. The van der Waals surface area contributed by atoms with Crippen molar-refractivity contribution in [3.63, 3.8) is 0 Å². The van der Waals surface area contributed by atoms with Gasteiger partial charge in [-0.05, 0) is 73.9 Å². The Kier molecular flexibility index (Phi) is 6.72. The van der Waals surface area contributed by atoms with Crippen LogP contribution in [-0.4, -0.2) is 54.0 Å². The molecule has 1 aliphatic carbocycles. The number of nitrogens with one attached hydrogen (secondary N) is 1. The highest BCUT2D eigenvalue weighted by Crippen LogP contribution is 2.35. The molecule has 31 heavy (non-hydrogen) atoms. The fourth-order valence-corrected chi connectivity index (χ4v) is 5.04. The molecule has 2 aliphatic rings. The number of nitrogens with zero attached hydrogens (tertiary/aromatic N) is 2. The molecule has 2 heterocycles. The first kappa shape index (κ1) is 22.0. The summed E-state index contributed by atoms with van der Waals surface area (Å²) in [5, 5.41) is 5.61. The van der Waals surface area contributed by atoms with Crippen molar-refractivity contribution in [1.29, 1.82) is 0 Å². The number of hydrogen-bond acceptors (Lipinski definition) is 4. The highest BCUT2D eigenvalue weighted by Gasteiger charge is 2.37. The van der Waals surface area contributed by atoms with E-state index in [0.717, 1.165) is 36.1 Å². The number of hydrogen-bond donors (Lipinski definition) is 1. The number of halogens is 1. The van der Waals surface area contributed by atoms with Crippen molar-refractivity contribution in [3.8, 4) is 5.75 Å². The predicted molar refractivity (Wildman–Crippen MR) is 123 cm³/mol. The van der Waals surface area contributed by atoms with Gasteiger partial charge in [0.1, 0.15) is 18.9 Å². The van der Waals surface area contributed by atoms with Crippen molar-refractivity contribution in [2.75, 3.05) is 26.2 Å². The zero-order valence-corrected chi connectivity index (χ0v) is 19.5. The van der Waals surface area contributed by atoms with Crippen LogP contribution in [0.5, 0.6) is 5.75 Å². The lowest BCUT2D eigenvalue weighted by Gasteiger charge is -2.37. The van der Waals surface area contributed by atoms with E-state index in [1.54, 1.807) is 16.2 Å². The summed E-state index contributed by atoms with van der Waals surface area (Å²) in [6, 6.07) is 7.52. The van der Waals surface area contributed by atoms with E-state index in [-0.39, 0.29) is 30.6 Å². The third-order valence-corrected chi connectivity index (χ3v) is 7.26. The monoisotopic (exact) mass is 461 g/mol. The van der Waals surface area contributed by atoms with Gasteiger partial charge in [0.05, 0.1) is 6.04 Å². The highest BCUT2D eigenvalue weighted by molar-refractivity contribution is 7.10. The SMILES string of the molecule is CCNC(=O)N(CC(=O)N1CCc2sccc2[C@@H]1COc1ccc(Cl)c(C)c1)C1CC1. The van der Waals surface area contributed by atoms with E-state index in [9.17, 15) is 9.59 Å². The van der Waals surface area contributed by atoms with Crippen LogP contribution in [0.1, 0.15) is 41.8 Å². The smallest absolute Gasteiger partial charge is 0.318 e. The number of thiophene rings is 1. The van der Waals surface area contributed by atoms with Gasteiger partial charge in [0.25, 0.3) is 0 Å². The maximum absolute atomic E-state index is 13.3. The third kappa shape index (κ3) is 4.99. The van der Waals surface area contributed by atoms with Crippen LogP contribution in [0.3, 0.4) is 0 Å². The molecule has 0 radical (unpaired) electrons. The number of carbonyl (C=O) groups excluding carboxylic acids is 2. The summed E-state index contributed by atoms with van der Waals surface area (Å²) in [5.74, 6) is 0.703. The number of benzene rings is 1. The average Bonchev–Trinajstić information content (AvgIpc) is 3.48. The van der Waals surface area contributed by atoms with Gasteiger partial charge in [-0.25, -0.2) is 4.79 Å². The molecule has 6 nitrogen and oxygen atoms in total. The van der Waals surface area contributed by atoms with Crippen molar-refractivity contribution in [2.45, 2.75) is 45.2 Å². The summed E-state index contributed by atoms with van der Waals surface area (Å²) in [7, 11) is 0. The minimum absolute atomic E-state index is 0.0316. The largest absolute Gasteiger partial charge is 0.491 e. The number of carbonyl (C=O) groups is 2. The Hall–Kier alpha value is -2.25. The Bertz CT molecular complexity index is 959. The van der Waals surface area contributed by atoms with E-state index >= 15 is 0 Å². The van der Waals surface area contributed by atoms with Crippen LogP contribution in [0.15, 0.2) is 29.6 Å². The molecule has 1 aliphatic heterocycles. The van der Waals surface area contributed by atoms with Gasteiger partial charge in [-0.2, -0.15) is 0 Å². The normalized spacial score (nSPS) is 17.8. The number of ether oxygens (including phenoxy) is 1. The van der Waals surface area contributed by atoms with Crippen LogP contribution in [0.25, 0.3) is 0 Å². The average molecular weight is 462 g/mol. The fourth-order valence-electron chi connectivity index (χ4n) is 4.00. The second-order valence-electron chi connectivity index (χ2n) is 8.07. The quantitative estimate of drug-likeness (QED) is 0.664. The molecule has 0 saturated heterocycles. The van der Waals surface area contributed by atoms with Crippen LogP contribution in [0.4, 0.5) is 4.79 Å². The molecule has 166 valence electrons. The Morgan fingerprint density at radius 3 is 2.84 bits per heavy atom. The molecule has 1 N–H and O–H groups in total. The van der Waals surface area contributed by atoms with Gasteiger partial charge in [-0.1, -0.05) is 11.6 Å². The molecule has 3 amide bonds. The lowest BCUT2D eigenvalue weighted by Crippen LogP contribution is -2.50. The van der Waals surface area contributed by atoms with E-state index in [4.69, 9.17) is 16.3 Å². The zero-order chi connectivity index (χ0) is 22.0. The molecule has 1 aromatic heterocycles. The van der Waals surface area contributed by atoms with Crippen LogP contribution >= 0.6 is 22.9 Å². The van der Waals surface area contributed by atoms with Gasteiger partial charge in [0.2, 0.25) is 5.91 Å². The van der Waals surface area contributed by atoms with Crippen molar-refractivity contribution >= 4 is 34.9 Å². The van der Waals surface area contributed by atoms with E-state index in [0.29, 0.717) is 24.7 Å². The Balaban J connectivity index is 1.50. The number of amides is 3. The Morgan fingerprint density at radius 1 is 1.32 bits per heavy atom. The van der Waals surface area contributed by atoms with Gasteiger partial charge in [0.15, 0.2) is 0 Å². The number of urea groups is 1. The van der Waals surface area contributed by atoms with Crippen LogP contribution in [0, 0.1) is 6.92 Å². The summed E-state index contributed by atoms with van der Waals surface area (Å²) in [6.45, 7) is 5.48. The molecule has 0 unspecified atom stereocenters. The third-order valence-electron chi connectivity index (χ3n) is 5.83. The van der Waals surface area contributed by atoms with Gasteiger partial charge >= 0.3 is 6.03 Å². The molecule has 2 aromatic rings. The second-order valence-corrected chi connectivity index (χ2v) is 9.48. The topological polar surface area (TPSA) is 61.9 Å². The van der Waals surface area contributed by atoms with Crippen LogP contribution in [-0.2, 0) is 11.2 Å². The Morgan fingerprint density at radius 2 is 2.13 bits per heavy atom. The van der Waals surface area contributed by atoms with E-state index in [2.05, 4.69) is 16.8 Å². The maximum Gasteiger partial charge on any atom is 0.318 e. The summed E-state index contributed by atoms with van der Waals surface area (Å²) >= 11 is 7.85. The summed E-state index contributed by atoms with van der Waals surface area (Å²) in [6.07, 6.45) is 2.75. The molecule has 0 spiro atoms. The van der Waals surface area contributed by atoms with Gasteiger partial charge in [-0.15, -0.1) is 11.3 Å². The van der Waals surface area contributed by atoms with Crippen LogP contribution < -0.4 is 10.1 Å². The van der Waals surface area contributed by atoms with Gasteiger partial charge in [0, 0.05) is 29.0 Å². The lowest BCUT2D eigenvalue weighted by molar-refractivity contribution is -0.135. The first-order valence-corrected chi connectivity index (χ1v) is 12.0. The number of fused-ring (bicyclic) bond motifs is 1. The molecular weight excluding hydrogens is 434 g/mol. The molecule has 1 fully saturated rings. The molecular formula is C23H28ClN3O3S. The molecule has 1 atom stereocenters. The summed E-state index contributed by atoms with van der Waals surface area (Å²) < 4.78 is 6.10. The van der Waals surface area contributed by atoms with Crippen molar-refractivity contribution in [1.82, 2.24) is 15.1 Å². The highest BCUT2D eigenvalue weighted by atomic mass is 35.5. The standard InChI is InChI=1S/C23H28ClN3O3S/c1-3-25-23(29)27(16-4-5-16)13-22(28)26-10-8-21-18(9-11-31-21)20(26)14-30-17-6-7-19(24)15(2)12-17/h6-7,9,11-12,16,20H,3-5,8,10,13-14H2,1-2H3,(H,25,29)/t20-/m0/s1. The maximum atomic E-state index is 13.3. The first-order chi connectivity index (χ1) is 15.0. The Labute approximate surface area is 192 Å². The number of aryl methyl sites for hydroxylation is 1. The molecule has 8 heteroatoms. The van der Waals surface area contributed by atoms with Crippen molar-refractivity contribution < 1.29 is 14.3 Å². The minimum atomic E-state index is -0.172. The molecule has 1 saturated carbocycles. The molecule has 4 rings (SSSR count). The predicted octanol–water partition coefficient (Wildman–Crippen LogP) is 4.41. The molecule has 0 bridgehead atoms. The zero-order valence-electron chi connectivity index (χ0n) is 17.9.